The summed E-state index contributed by atoms with van der Waals surface area (Å²) in [6.07, 6.45) is 0.777. The molecule has 1 amide bonds. The normalized spacial score (nSPS) is 13.4. The molecule has 8 nitrogen and oxygen atoms in total. The Bertz CT molecular complexity index is 1650. The Kier molecular flexibility index (Phi) is 5.33. The number of hydrogen-bond acceptors (Lipinski definition) is 6. The van der Waals surface area contributed by atoms with Crippen LogP contribution < -0.4 is 9.47 Å². The number of para-hydroxylation sites is 1. The van der Waals surface area contributed by atoms with Gasteiger partial charge in [-0.3, -0.25) is 4.79 Å². The van der Waals surface area contributed by atoms with Crippen LogP contribution in [0.25, 0.3) is 33.1 Å². The van der Waals surface area contributed by atoms with Crippen molar-refractivity contribution >= 4 is 33.4 Å². The second-order valence-electron chi connectivity index (χ2n) is 8.66. The van der Waals surface area contributed by atoms with Crippen LogP contribution in [0.3, 0.4) is 0 Å². The molecule has 3 aromatic carbocycles. The van der Waals surface area contributed by atoms with Gasteiger partial charge in [-0.25, -0.2) is 4.98 Å². The molecule has 8 heteroatoms. The predicted octanol–water partition coefficient (Wildman–Crippen LogP) is 6.48. The predicted molar refractivity (Wildman–Crippen MR) is 136 cm³/mol. The van der Waals surface area contributed by atoms with Gasteiger partial charge in [-0.1, -0.05) is 48.0 Å². The number of fused-ring (bicyclic) bond motifs is 3. The van der Waals surface area contributed by atoms with Gasteiger partial charge in [-0.15, -0.1) is 10.2 Å². The number of rotatable bonds is 3. The molecule has 0 spiro atoms. The van der Waals surface area contributed by atoms with Gasteiger partial charge in [0.1, 0.15) is 0 Å². The number of hydrogen-bond donors (Lipinski definition) is 2. The fourth-order valence-corrected chi connectivity index (χ4v) is 4.30. The number of amides is 1. The number of azo groups is 1. The van der Waals surface area contributed by atoms with Gasteiger partial charge in [0, 0.05) is 28.8 Å². The summed E-state index contributed by atoms with van der Waals surface area (Å²) in [5, 5.41) is 19.9. The smallest absolute Gasteiger partial charge is 0.296 e. The summed E-state index contributed by atoms with van der Waals surface area (Å²) in [6, 6.07) is 20.6. The topological polar surface area (TPSA) is 109 Å². The molecule has 0 radical (unpaired) electrons. The number of nitrogens with one attached hydrogen (secondary N) is 1. The summed E-state index contributed by atoms with van der Waals surface area (Å²) in [5.41, 5.74) is 4.53. The van der Waals surface area contributed by atoms with E-state index in [9.17, 15) is 9.90 Å². The molecule has 2 N–H and O–H groups in total. The van der Waals surface area contributed by atoms with Gasteiger partial charge < -0.3 is 19.6 Å². The number of pyridine rings is 1. The lowest BCUT2D eigenvalue weighted by atomic mass is 10.0. The molecular formula is C28H22N4O4. The van der Waals surface area contributed by atoms with Gasteiger partial charge in [-0.2, -0.15) is 0 Å². The SMILES string of the molecule is Cc1ccc(-c2cc(C(=O)N=Nc3c(O)[nH]c4cc5c(cc34)OCCCO5)c3ccccc3n2)cc1. The monoisotopic (exact) mass is 478 g/mol. The fourth-order valence-electron chi connectivity index (χ4n) is 4.30. The molecule has 36 heavy (non-hydrogen) atoms. The molecule has 0 aliphatic carbocycles. The first-order valence-electron chi connectivity index (χ1n) is 11.6. The average molecular weight is 479 g/mol. The number of carbonyl (C=O) groups is 1. The highest BCUT2D eigenvalue weighted by molar-refractivity contribution is 6.07. The Labute approximate surface area is 206 Å². The van der Waals surface area contributed by atoms with Crippen molar-refractivity contribution in [3.63, 3.8) is 0 Å². The summed E-state index contributed by atoms with van der Waals surface area (Å²) in [7, 11) is 0. The minimum absolute atomic E-state index is 0.158. The highest BCUT2D eigenvalue weighted by Gasteiger charge is 2.19. The van der Waals surface area contributed by atoms with Crippen LogP contribution in [0.4, 0.5) is 5.69 Å². The third-order valence-corrected chi connectivity index (χ3v) is 6.15. The van der Waals surface area contributed by atoms with Crippen molar-refractivity contribution in [3.05, 3.63) is 77.9 Å². The number of benzene rings is 3. The number of nitrogens with zero attached hydrogens (tertiary/aromatic N) is 3. The number of aryl methyl sites for hydroxylation is 1. The van der Waals surface area contributed by atoms with Crippen molar-refractivity contribution < 1.29 is 19.4 Å². The van der Waals surface area contributed by atoms with Gasteiger partial charge in [0.2, 0.25) is 5.88 Å². The van der Waals surface area contributed by atoms with Crippen LogP contribution in [-0.4, -0.2) is 34.2 Å². The van der Waals surface area contributed by atoms with Crippen LogP contribution in [-0.2, 0) is 0 Å². The molecule has 0 bridgehead atoms. The van der Waals surface area contributed by atoms with Gasteiger partial charge in [0.05, 0.1) is 35.5 Å². The summed E-state index contributed by atoms with van der Waals surface area (Å²) in [5.74, 6) is 0.420. The molecule has 0 unspecified atom stereocenters. The second-order valence-corrected chi connectivity index (χ2v) is 8.66. The van der Waals surface area contributed by atoms with Crippen molar-refractivity contribution in [2.45, 2.75) is 13.3 Å². The van der Waals surface area contributed by atoms with Crippen molar-refractivity contribution in [1.82, 2.24) is 9.97 Å². The summed E-state index contributed by atoms with van der Waals surface area (Å²) in [6.45, 7) is 3.10. The van der Waals surface area contributed by atoms with Gasteiger partial charge in [-0.05, 0) is 25.1 Å². The maximum absolute atomic E-state index is 13.3. The highest BCUT2D eigenvalue weighted by atomic mass is 16.5. The molecular weight excluding hydrogens is 456 g/mol. The van der Waals surface area contributed by atoms with Crippen molar-refractivity contribution in [1.29, 1.82) is 0 Å². The van der Waals surface area contributed by atoms with Gasteiger partial charge in [0.25, 0.3) is 5.91 Å². The Morgan fingerprint density at radius 3 is 2.53 bits per heavy atom. The molecule has 1 aliphatic rings. The van der Waals surface area contributed by atoms with E-state index in [4.69, 9.17) is 14.5 Å². The third-order valence-electron chi connectivity index (χ3n) is 6.15. The summed E-state index contributed by atoms with van der Waals surface area (Å²) in [4.78, 5) is 20.9. The summed E-state index contributed by atoms with van der Waals surface area (Å²) >= 11 is 0. The van der Waals surface area contributed by atoms with Crippen LogP contribution in [0.2, 0.25) is 0 Å². The van der Waals surface area contributed by atoms with E-state index in [0.29, 0.717) is 57.8 Å². The van der Waals surface area contributed by atoms with E-state index >= 15 is 0 Å². The first kappa shape index (κ1) is 21.8. The molecule has 1 aliphatic heterocycles. The lowest BCUT2D eigenvalue weighted by molar-refractivity contribution is 0.0996. The standard InChI is InChI=1S/C28H22N4O4/c1-16-7-9-17(10-8-16)22-13-19(18-5-2-3-6-21(18)29-22)27(33)32-31-26-20-14-24-25(36-12-4-11-35-24)15-23(20)30-28(26)34/h2-3,5-10,13-15,30,34H,4,11-12H2,1H3. The number of ether oxygens (including phenoxy) is 2. The number of aromatic amines is 1. The summed E-state index contributed by atoms with van der Waals surface area (Å²) < 4.78 is 11.5. The molecule has 0 saturated carbocycles. The molecule has 3 heterocycles. The molecule has 178 valence electrons. The highest BCUT2D eigenvalue weighted by Crippen LogP contribution is 2.42. The van der Waals surface area contributed by atoms with E-state index in [1.165, 1.54) is 0 Å². The lowest BCUT2D eigenvalue weighted by Crippen LogP contribution is -1.99. The maximum Gasteiger partial charge on any atom is 0.296 e. The zero-order chi connectivity index (χ0) is 24.6. The fraction of sp³-hybridized carbons (Fsp3) is 0.143. The van der Waals surface area contributed by atoms with Crippen LogP contribution in [0, 0.1) is 6.92 Å². The van der Waals surface area contributed by atoms with E-state index in [1.54, 1.807) is 18.2 Å². The molecule has 0 saturated heterocycles. The largest absolute Gasteiger partial charge is 0.493 e. The van der Waals surface area contributed by atoms with Crippen molar-refractivity contribution in [3.8, 4) is 28.6 Å². The van der Waals surface area contributed by atoms with Crippen LogP contribution >= 0.6 is 0 Å². The van der Waals surface area contributed by atoms with Gasteiger partial charge >= 0.3 is 0 Å². The van der Waals surface area contributed by atoms with Crippen molar-refractivity contribution in [2.75, 3.05) is 13.2 Å². The lowest BCUT2D eigenvalue weighted by Gasteiger charge is -2.08. The first-order chi connectivity index (χ1) is 17.6. The number of aromatic hydroxyl groups is 1. The number of aromatic nitrogens is 2. The quantitative estimate of drug-likeness (QED) is 0.288. The van der Waals surface area contributed by atoms with E-state index in [1.807, 2.05) is 55.5 Å². The average Bonchev–Trinajstić information content (AvgIpc) is 3.03. The van der Waals surface area contributed by atoms with Crippen molar-refractivity contribution in [2.24, 2.45) is 10.2 Å². The third kappa shape index (κ3) is 3.92. The van der Waals surface area contributed by atoms with Crippen LogP contribution in [0.15, 0.2) is 77.0 Å². The molecule has 6 rings (SSSR count). The Morgan fingerprint density at radius 1 is 0.972 bits per heavy atom. The maximum atomic E-state index is 13.3. The van der Waals surface area contributed by atoms with E-state index in [-0.39, 0.29) is 11.6 Å². The van der Waals surface area contributed by atoms with Crippen LogP contribution in [0.5, 0.6) is 17.4 Å². The van der Waals surface area contributed by atoms with E-state index < -0.39 is 5.91 Å². The Balaban J connectivity index is 1.41. The number of H-pyrrole nitrogens is 1. The minimum atomic E-state index is -0.537. The molecule has 5 aromatic rings. The zero-order valence-electron chi connectivity index (χ0n) is 19.5. The van der Waals surface area contributed by atoms with E-state index in [0.717, 1.165) is 17.5 Å². The Morgan fingerprint density at radius 2 is 1.72 bits per heavy atom. The Hall–Kier alpha value is -4.72. The molecule has 0 fully saturated rings. The molecule has 2 aromatic heterocycles. The zero-order valence-corrected chi connectivity index (χ0v) is 19.5. The van der Waals surface area contributed by atoms with Gasteiger partial charge in [0.15, 0.2) is 17.2 Å². The minimum Gasteiger partial charge on any atom is -0.493 e. The second kappa shape index (κ2) is 8.81. The van der Waals surface area contributed by atoms with E-state index in [2.05, 4.69) is 15.2 Å². The first-order valence-corrected chi connectivity index (χ1v) is 11.6. The van der Waals surface area contributed by atoms with Crippen LogP contribution in [0.1, 0.15) is 22.3 Å². The number of carbonyl (C=O) groups excluding carboxylic acids is 1. The molecule has 0 atom stereocenters.